The van der Waals surface area contributed by atoms with Crippen LogP contribution in [0.1, 0.15) is 17.3 Å². The molecule has 0 aliphatic rings. The maximum absolute atomic E-state index is 12.7. The summed E-state index contributed by atoms with van der Waals surface area (Å²) in [5.41, 5.74) is 1.93. The van der Waals surface area contributed by atoms with E-state index in [1.54, 1.807) is 30.3 Å². The lowest BCUT2D eigenvalue weighted by Gasteiger charge is -2.12. The molecule has 0 unspecified atom stereocenters. The summed E-state index contributed by atoms with van der Waals surface area (Å²) in [6.07, 6.45) is 0. The summed E-state index contributed by atoms with van der Waals surface area (Å²) >= 11 is 13.8. The molecule has 2 amide bonds. The zero-order valence-electron chi connectivity index (χ0n) is 15.8. The van der Waals surface area contributed by atoms with E-state index in [0.717, 1.165) is 15.2 Å². The SMILES string of the molecule is CC(=O)NC(=S)Nc1ccc(NC(=S)NC(=O)c2cccc3c(Br)cccc23)cc1. The van der Waals surface area contributed by atoms with E-state index in [1.165, 1.54) is 6.92 Å². The van der Waals surface area contributed by atoms with Gasteiger partial charge in [-0.15, -0.1) is 0 Å². The molecule has 0 radical (unpaired) electrons. The molecule has 3 aromatic rings. The highest BCUT2D eigenvalue weighted by molar-refractivity contribution is 9.10. The second-order valence-electron chi connectivity index (χ2n) is 6.26. The number of halogens is 1. The molecular formula is C21H17BrN4O2S2. The van der Waals surface area contributed by atoms with E-state index in [-0.39, 0.29) is 22.0 Å². The summed E-state index contributed by atoms with van der Waals surface area (Å²) in [5.74, 6) is -0.541. The Bertz CT molecular complexity index is 1150. The van der Waals surface area contributed by atoms with Gasteiger partial charge in [-0.3, -0.25) is 14.9 Å². The van der Waals surface area contributed by atoms with Gasteiger partial charge in [0.05, 0.1) is 0 Å². The number of anilines is 2. The fraction of sp³-hybridized carbons (Fsp3) is 0.0476. The molecule has 0 saturated carbocycles. The van der Waals surface area contributed by atoms with Crippen LogP contribution in [0, 0.1) is 0 Å². The standard InChI is InChI=1S/C21H17BrN4O2S2/c1-12(27)23-20(29)24-13-8-10-14(11-9-13)25-21(30)26-19(28)17-6-2-5-16-15(17)4-3-7-18(16)22/h2-11H,1H3,(H2,23,24,27,29)(H2,25,26,28,30). The quantitative estimate of drug-likeness (QED) is 0.394. The van der Waals surface area contributed by atoms with Crippen molar-refractivity contribution >= 4 is 84.6 Å². The number of nitrogens with one attached hydrogen (secondary N) is 4. The Balaban J connectivity index is 1.63. The van der Waals surface area contributed by atoms with Gasteiger partial charge in [0, 0.05) is 28.3 Å². The summed E-state index contributed by atoms with van der Waals surface area (Å²) in [6, 6.07) is 18.3. The fourth-order valence-corrected chi connectivity index (χ4v) is 3.73. The first-order chi connectivity index (χ1) is 14.3. The summed E-state index contributed by atoms with van der Waals surface area (Å²) in [7, 11) is 0. The predicted octanol–water partition coefficient (Wildman–Crippen LogP) is 4.56. The van der Waals surface area contributed by atoms with Crippen LogP contribution < -0.4 is 21.3 Å². The molecule has 0 saturated heterocycles. The predicted molar refractivity (Wildman–Crippen MR) is 132 cm³/mol. The van der Waals surface area contributed by atoms with E-state index in [2.05, 4.69) is 37.2 Å². The lowest BCUT2D eigenvalue weighted by molar-refractivity contribution is -0.117. The highest BCUT2D eigenvalue weighted by atomic mass is 79.9. The van der Waals surface area contributed by atoms with Crippen LogP contribution in [-0.2, 0) is 4.79 Å². The van der Waals surface area contributed by atoms with Gasteiger partial charge < -0.3 is 16.0 Å². The maximum Gasteiger partial charge on any atom is 0.258 e. The van der Waals surface area contributed by atoms with Gasteiger partial charge in [0.25, 0.3) is 5.91 Å². The van der Waals surface area contributed by atoms with Gasteiger partial charge >= 0.3 is 0 Å². The Hall–Kier alpha value is -2.88. The average Bonchev–Trinajstić information content (AvgIpc) is 2.68. The molecule has 152 valence electrons. The lowest BCUT2D eigenvalue weighted by Crippen LogP contribution is -2.34. The number of carbonyl (C=O) groups is 2. The van der Waals surface area contributed by atoms with Crippen molar-refractivity contribution in [2.24, 2.45) is 0 Å². The molecule has 30 heavy (non-hydrogen) atoms. The highest BCUT2D eigenvalue weighted by Crippen LogP contribution is 2.26. The molecule has 4 N–H and O–H groups in total. The van der Waals surface area contributed by atoms with E-state index >= 15 is 0 Å². The van der Waals surface area contributed by atoms with Gasteiger partial charge in [0.15, 0.2) is 10.2 Å². The third kappa shape index (κ3) is 5.59. The zero-order chi connectivity index (χ0) is 21.7. The first-order valence-corrected chi connectivity index (χ1v) is 10.4. The Labute approximate surface area is 192 Å². The molecule has 3 aromatic carbocycles. The molecule has 0 aliphatic carbocycles. The number of hydrogen-bond donors (Lipinski definition) is 4. The normalized spacial score (nSPS) is 10.2. The first-order valence-electron chi connectivity index (χ1n) is 8.81. The number of thiocarbonyl (C=S) groups is 2. The summed E-state index contributed by atoms with van der Waals surface area (Å²) in [5, 5.41) is 13.2. The van der Waals surface area contributed by atoms with Gasteiger partial charge in [-0.25, -0.2) is 0 Å². The smallest absolute Gasteiger partial charge is 0.258 e. The molecule has 0 atom stereocenters. The van der Waals surface area contributed by atoms with Crippen molar-refractivity contribution < 1.29 is 9.59 Å². The van der Waals surface area contributed by atoms with Crippen molar-refractivity contribution in [2.45, 2.75) is 6.92 Å². The maximum atomic E-state index is 12.7. The zero-order valence-corrected chi connectivity index (χ0v) is 19.0. The van der Waals surface area contributed by atoms with Crippen LogP contribution in [0.3, 0.4) is 0 Å². The van der Waals surface area contributed by atoms with Crippen molar-refractivity contribution in [3.8, 4) is 0 Å². The summed E-state index contributed by atoms with van der Waals surface area (Å²) in [6.45, 7) is 1.38. The van der Waals surface area contributed by atoms with Crippen LogP contribution in [-0.4, -0.2) is 22.0 Å². The average molecular weight is 501 g/mol. The number of carbonyl (C=O) groups excluding carboxylic acids is 2. The largest absolute Gasteiger partial charge is 0.332 e. The van der Waals surface area contributed by atoms with Crippen molar-refractivity contribution in [3.63, 3.8) is 0 Å². The van der Waals surface area contributed by atoms with Gasteiger partial charge in [-0.1, -0.05) is 40.2 Å². The molecule has 9 heteroatoms. The molecular weight excluding hydrogens is 484 g/mol. The lowest BCUT2D eigenvalue weighted by atomic mass is 10.0. The molecule has 0 aromatic heterocycles. The van der Waals surface area contributed by atoms with Crippen LogP contribution >= 0.6 is 40.4 Å². The Morgan fingerprint density at radius 3 is 1.90 bits per heavy atom. The monoisotopic (exact) mass is 500 g/mol. The minimum atomic E-state index is -0.296. The molecule has 0 heterocycles. The summed E-state index contributed by atoms with van der Waals surface area (Å²) < 4.78 is 0.919. The van der Waals surface area contributed by atoms with E-state index in [1.807, 2.05) is 30.3 Å². The molecule has 0 spiro atoms. The van der Waals surface area contributed by atoms with Crippen LogP contribution in [0.25, 0.3) is 10.8 Å². The molecule has 3 rings (SSSR count). The van der Waals surface area contributed by atoms with Crippen molar-refractivity contribution in [2.75, 3.05) is 10.6 Å². The Morgan fingerprint density at radius 2 is 1.30 bits per heavy atom. The van der Waals surface area contributed by atoms with E-state index in [9.17, 15) is 9.59 Å². The highest BCUT2D eigenvalue weighted by Gasteiger charge is 2.12. The third-order valence-corrected chi connectivity index (χ3v) is 5.13. The minimum absolute atomic E-state index is 0.182. The fourth-order valence-electron chi connectivity index (χ4n) is 2.76. The van der Waals surface area contributed by atoms with E-state index < -0.39 is 0 Å². The van der Waals surface area contributed by atoms with Crippen LogP contribution in [0.2, 0.25) is 0 Å². The Kier molecular flexibility index (Phi) is 7.09. The first kappa shape index (κ1) is 21.8. The number of amides is 2. The molecule has 6 nitrogen and oxygen atoms in total. The summed E-state index contributed by atoms with van der Waals surface area (Å²) in [4.78, 5) is 23.7. The second-order valence-corrected chi connectivity index (χ2v) is 7.93. The second kappa shape index (κ2) is 9.75. The van der Waals surface area contributed by atoms with Gasteiger partial charge in [0.2, 0.25) is 5.91 Å². The topological polar surface area (TPSA) is 82.3 Å². The molecule has 0 bridgehead atoms. The van der Waals surface area contributed by atoms with Crippen molar-refractivity contribution in [1.29, 1.82) is 0 Å². The number of hydrogen-bond acceptors (Lipinski definition) is 4. The van der Waals surface area contributed by atoms with Crippen molar-refractivity contribution in [1.82, 2.24) is 10.6 Å². The molecule has 0 fully saturated rings. The van der Waals surface area contributed by atoms with E-state index in [4.69, 9.17) is 24.4 Å². The van der Waals surface area contributed by atoms with Gasteiger partial charge in [-0.2, -0.15) is 0 Å². The van der Waals surface area contributed by atoms with Crippen LogP contribution in [0.5, 0.6) is 0 Å². The number of rotatable bonds is 3. The minimum Gasteiger partial charge on any atom is -0.332 e. The third-order valence-electron chi connectivity index (χ3n) is 4.03. The number of fused-ring (bicyclic) bond motifs is 1. The molecule has 0 aliphatic heterocycles. The van der Waals surface area contributed by atoms with E-state index in [0.29, 0.717) is 16.9 Å². The number of benzene rings is 3. The van der Waals surface area contributed by atoms with Gasteiger partial charge in [0.1, 0.15) is 0 Å². The van der Waals surface area contributed by atoms with Crippen LogP contribution in [0.15, 0.2) is 65.1 Å². The van der Waals surface area contributed by atoms with Crippen LogP contribution in [0.4, 0.5) is 11.4 Å². The Morgan fingerprint density at radius 1 is 0.767 bits per heavy atom. The van der Waals surface area contributed by atoms with Crippen molar-refractivity contribution in [3.05, 3.63) is 70.7 Å². The van der Waals surface area contributed by atoms with Gasteiger partial charge in [-0.05, 0) is 71.6 Å².